The van der Waals surface area contributed by atoms with Gasteiger partial charge in [0, 0.05) is 38.2 Å². The zero-order valence-corrected chi connectivity index (χ0v) is 14.3. The second-order valence-corrected chi connectivity index (χ2v) is 6.02. The van der Waals surface area contributed by atoms with Gasteiger partial charge >= 0.3 is 0 Å². The van der Waals surface area contributed by atoms with Crippen molar-refractivity contribution in [2.24, 2.45) is 0 Å². The summed E-state index contributed by atoms with van der Waals surface area (Å²) in [6, 6.07) is 0. The highest BCUT2D eigenvalue weighted by Gasteiger charge is 2.18. The predicted octanol–water partition coefficient (Wildman–Crippen LogP) is 3.24. The van der Waals surface area contributed by atoms with Crippen molar-refractivity contribution in [3.8, 4) is 0 Å². The lowest BCUT2D eigenvalue weighted by Crippen LogP contribution is -2.21. The first-order valence-corrected chi connectivity index (χ1v) is 8.43. The van der Waals surface area contributed by atoms with Crippen molar-refractivity contribution in [3.05, 3.63) is 10.6 Å². The molecule has 1 N–H and O–H groups in total. The number of ether oxygens (including phenoxy) is 1. The molecule has 1 unspecified atom stereocenters. The topological polar surface area (TPSA) is 37.4 Å². The second kappa shape index (κ2) is 9.32. The molecule has 0 saturated carbocycles. The number of hydrogen-bond donors (Lipinski definition) is 1. The molecule has 4 nitrogen and oxygen atoms in total. The van der Waals surface area contributed by atoms with Crippen LogP contribution in [0.25, 0.3) is 0 Å². The minimum Gasteiger partial charge on any atom is -0.383 e. The van der Waals surface area contributed by atoms with Crippen molar-refractivity contribution in [1.82, 2.24) is 10.3 Å². The van der Waals surface area contributed by atoms with Crippen LogP contribution in [0.1, 0.15) is 50.6 Å². The van der Waals surface area contributed by atoms with Crippen molar-refractivity contribution < 1.29 is 4.74 Å². The highest BCUT2D eigenvalue weighted by Crippen LogP contribution is 2.32. The normalized spacial score (nSPS) is 12.7. The van der Waals surface area contributed by atoms with Crippen LogP contribution in [0, 0.1) is 0 Å². The van der Waals surface area contributed by atoms with Gasteiger partial charge in [0.15, 0.2) is 5.13 Å². The minimum absolute atomic E-state index is 0.523. The fourth-order valence-electron chi connectivity index (χ4n) is 2.06. The van der Waals surface area contributed by atoms with Crippen molar-refractivity contribution in [1.29, 1.82) is 0 Å². The molecule has 0 radical (unpaired) electrons. The summed E-state index contributed by atoms with van der Waals surface area (Å²) < 4.78 is 5.07. The molecule has 0 saturated heterocycles. The maximum Gasteiger partial charge on any atom is 0.185 e. The number of methoxy groups -OCH3 is 1. The summed E-state index contributed by atoms with van der Waals surface area (Å²) in [7, 11) is 1.73. The Morgan fingerprint density at radius 2 is 2.00 bits per heavy atom. The highest BCUT2D eigenvalue weighted by atomic mass is 32.1. The molecule has 0 aliphatic rings. The van der Waals surface area contributed by atoms with Crippen LogP contribution in [0.3, 0.4) is 0 Å². The first kappa shape index (κ1) is 17.4. The van der Waals surface area contributed by atoms with Crippen LogP contribution >= 0.6 is 11.3 Å². The van der Waals surface area contributed by atoms with Gasteiger partial charge in [-0.15, -0.1) is 11.3 Å². The number of hydrogen-bond acceptors (Lipinski definition) is 5. The van der Waals surface area contributed by atoms with Gasteiger partial charge in [-0.05, 0) is 26.2 Å². The summed E-state index contributed by atoms with van der Waals surface area (Å²) in [5, 5.41) is 4.60. The molecule has 0 aliphatic carbocycles. The standard InChI is InChI=1S/C15H29N3OS/c1-6-12(4)14-13(11-16-9-10-19-5)20-15(17-14)18(7-2)8-3/h12,16H,6-11H2,1-5H3. The van der Waals surface area contributed by atoms with E-state index in [2.05, 4.69) is 37.9 Å². The van der Waals surface area contributed by atoms with E-state index in [0.29, 0.717) is 5.92 Å². The first-order valence-electron chi connectivity index (χ1n) is 7.61. The molecule has 1 aromatic heterocycles. The van der Waals surface area contributed by atoms with Gasteiger partial charge < -0.3 is 15.0 Å². The summed E-state index contributed by atoms with van der Waals surface area (Å²) in [6.45, 7) is 13.4. The number of rotatable bonds is 10. The molecule has 1 heterocycles. The summed E-state index contributed by atoms with van der Waals surface area (Å²) in [5.41, 5.74) is 1.27. The quantitative estimate of drug-likeness (QED) is 0.673. The maximum atomic E-state index is 5.07. The van der Waals surface area contributed by atoms with E-state index >= 15 is 0 Å². The van der Waals surface area contributed by atoms with Gasteiger partial charge in [0.25, 0.3) is 0 Å². The van der Waals surface area contributed by atoms with Crippen molar-refractivity contribution in [3.63, 3.8) is 0 Å². The van der Waals surface area contributed by atoms with Crippen molar-refractivity contribution in [2.45, 2.75) is 46.6 Å². The lowest BCUT2D eigenvalue weighted by molar-refractivity contribution is 0.199. The SMILES string of the molecule is CCC(C)c1nc(N(CC)CC)sc1CNCCOC. The smallest absolute Gasteiger partial charge is 0.185 e. The van der Waals surface area contributed by atoms with Gasteiger partial charge in [0.2, 0.25) is 0 Å². The molecule has 116 valence electrons. The summed E-state index contributed by atoms with van der Waals surface area (Å²) in [4.78, 5) is 8.60. The Bertz CT molecular complexity index is 377. The Morgan fingerprint density at radius 3 is 2.55 bits per heavy atom. The van der Waals surface area contributed by atoms with Crippen LogP contribution in [0.2, 0.25) is 0 Å². The largest absolute Gasteiger partial charge is 0.383 e. The van der Waals surface area contributed by atoms with Crippen LogP contribution in [-0.4, -0.2) is 38.3 Å². The number of nitrogens with one attached hydrogen (secondary N) is 1. The third-order valence-corrected chi connectivity index (χ3v) is 4.73. The van der Waals surface area contributed by atoms with Gasteiger partial charge in [0.05, 0.1) is 12.3 Å². The van der Waals surface area contributed by atoms with Crippen LogP contribution in [0.4, 0.5) is 5.13 Å². The number of nitrogens with zero attached hydrogens (tertiary/aromatic N) is 2. The van der Waals surface area contributed by atoms with Gasteiger partial charge in [0.1, 0.15) is 0 Å². The first-order chi connectivity index (χ1) is 9.67. The molecule has 5 heteroatoms. The van der Waals surface area contributed by atoms with Gasteiger partial charge in [-0.1, -0.05) is 13.8 Å². The third-order valence-electron chi connectivity index (χ3n) is 3.60. The molecule has 0 aliphatic heterocycles. The van der Waals surface area contributed by atoms with E-state index < -0.39 is 0 Å². The van der Waals surface area contributed by atoms with E-state index in [1.807, 2.05) is 11.3 Å². The van der Waals surface area contributed by atoms with E-state index in [1.165, 1.54) is 10.6 Å². The number of thiazole rings is 1. The molecule has 20 heavy (non-hydrogen) atoms. The van der Waals surface area contributed by atoms with Gasteiger partial charge in [-0.25, -0.2) is 4.98 Å². The number of aromatic nitrogens is 1. The molecular formula is C15H29N3OS. The van der Waals surface area contributed by atoms with Crippen molar-refractivity contribution in [2.75, 3.05) is 38.3 Å². The van der Waals surface area contributed by atoms with Gasteiger partial charge in [-0.3, -0.25) is 0 Å². The van der Waals surface area contributed by atoms with Crippen LogP contribution in [0.5, 0.6) is 0 Å². The molecule has 0 fully saturated rings. The minimum atomic E-state index is 0.523. The summed E-state index contributed by atoms with van der Waals surface area (Å²) in [5.74, 6) is 0.523. The predicted molar refractivity (Wildman–Crippen MR) is 88.0 cm³/mol. The zero-order valence-electron chi connectivity index (χ0n) is 13.5. The van der Waals surface area contributed by atoms with Crippen LogP contribution < -0.4 is 10.2 Å². The maximum absolute atomic E-state index is 5.07. The fraction of sp³-hybridized carbons (Fsp3) is 0.800. The zero-order chi connectivity index (χ0) is 15.0. The van der Waals surface area contributed by atoms with Gasteiger partial charge in [-0.2, -0.15) is 0 Å². The lowest BCUT2D eigenvalue weighted by Gasteiger charge is -2.16. The summed E-state index contributed by atoms with van der Waals surface area (Å²) >= 11 is 1.83. The van der Waals surface area contributed by atoms with E-state index in [0.717, 1.165) is 44.3 Å². The van der Waals surface area contributed by atoms with Crippen molar-refractivity contribution >= 4 is 16.5 Å². The molecule has 0 bridgehead atoms. The molecule has 1 atom stereocenters. The van der Waals surface area contributed by atoms with Crippen LogP contribution in [0.15, 0.2) is 0 Å². The molecular weight excluding hydrogens is 270 g/mol. The average molecular weight is 299 g/mol. The Morgan fingerprint density at radius 1 is 1.30 bits per heavy atom. The Balaban J connectivity index is 2.83. The average Bonchev–Trinajstić information content (AvgIpc) is 2.88. The Labute approximate surface area is 127 Å². The van der Waals surface area contributed by atoms with E-state index in [4.69, 9.17) is 9.72 Å². The Hall–Kier alpha value is -0.650. The third kappa shape index (κ3) is 4.72. The lowest BCUT2D eigenvalue weighted by atomic mass is 10.0. The monoisotopic (exact) mass is 299 g/mol. The van der Waals surface area contributed by atoms with E-state index in [1.54, 1.807) is 7.11 Å². The Kier molecular flexibility index (Phi) is 8.11. The highest BCUT2D eigenvalue weighted by molar-refractivity contribution is 7.15. The molecule has 0 aromatic carbocycles. The molecule has 0 amide bonds. The van der Waals surface area contributed by atoms with E-state index in [-0.39, 0.29) is 0 Å². The van der Waals surface area contributed by atoms with E-state index in [9.17, 15) is 0 Å². The molecule has 0 spiro atoms. The summed E-state index contributed by atoms with van der Waals surface area (Å²) in [6.07, 6.45) is 1.13. The second-order valence-electron chi connectivity index (χ2n) is 4.96. The number of anilines is 1. The fourth-order valence-corrected chi connectivity index (χ4v) is 3.34. The molecule has 1 rings (SSSR count). The molecule has 1 aromatic rings. The van der Waals surface area contributed by atoms with Crippen LogP contribution in [-0.2, 0) is 11.3 Å².